The number of amides is 1. The van der Waals surface area contributed by atoms with Crippen molar-refractivity contribution in [2.75, 3.05) is 7.11 Å². The molecule has 5 nitrogen and oxygen atoms in total. The number of hydrogen-bond acceptors (Lipinski definition) is 3. The molecule has 1 aromatic carbocycles. The lowest BCUT2D eigenvalue weighted by Gasteiger charge is -2.15. The molecule has 3 rings (SSSR count). The van der Waals surface area contributed by atoms with E-state index in [9.17, 15) is 9.18 Å². The first kappa shape index (κ1) is 16.5. The van der Waals surface area contributed by atoms with Gasteiger partial charge in [0.2, 0.25) is 0 Å². The standard InChI is InChI=1S/C18H22FN3O2/c1-24-16-12-22(15-10-8-13(19)9-11-15)21-17(16)18(23)20-14-6-4-2-3-5-7-14/h8-12,14H,2-7H2,1H3,(H,20,23). The Balaban J connectivity index is 1.79. The molecule has 0 unspecified atom stereocenters. The first-order valence-corrected chi connectivity index (χ1v) is 8.38. The van der Waals surface area contributed by atoms with Crippen molar-refractivity contribution in [2.45, 2.75) is 44.6 Å². The summed E-state index contributed by atoms with van der Waals surface area (Å²) in [6, 6.07) is 6.12. The minimum absolute atomic E-state index is 0.195. The molecule has 1 aliphatic rings. The molecular formula is C18H22FN3O2. The summed E-state index contributed by atoms with van der Waals surface area (Å²) >= 11 is 0. The van der Waals surface area contributed by atoms with Crippen LogP contribution in [0.4, 0.5) is 4.39 Å². The van der Waals surface area contributed by atoms with E-state index in [1.165, 1.54) is 36.8 Å². The topological polar surface area (TPSA) is 56.2 Å². The molecule has 0 atom stereocenters. The van der Waals surface area contributed by atoms with Crippen LogP contribution >= 0.6 is 0 Å². The molecule has 1 aromatic heterocycles. The zero-order chi connectivity index (χ0) is 16.9. The molecule has 0 bridgehead atoms. The molecular weight excluding hydrogens is 309 g/mol. The van der Waals surface area contributed by atoms with Gasteiger partial charge in [0.25, 0.3) is 5.91 Å². The predicted octanol–water partition coefficient (Wildman–Crippen LogP) is 3.47. The van der Waals surface area contributed by atoms with Crippen molar-refractivity contribution in [3.8, 4) is 11.4 Å². The Labute approximate surface area is 140 Å². The van der Waals surface area contributed by atoms with Gasteiger partial charge in [-0.15, -0.1) is 0 Å². The highest BCUT2D eigenvalue weighted by Gasteiger charge is 2.22. The lowest BCUT2D eigenvalue weighted by molar-refractivity contribution is 0.0925. The largest absolute Gasteiger partial charge is 0.493 e. The normalized spacial score (nSPS) is 15.8. The highest BCUT2D eigenvalue weighted by Crippen LogP contribution is 2.22. The Bertz CT molecular complexity index is 689. The molecule has 1 saturated carbocycles. The number of halogens is 1. The average Bonchev–Trinajstić information content (AvgIpc) is 2.86. The van der Waals surface area contributed by atoms with Crippen molar-refractivity contribution in [1.29, 1.82) is 0 Å². The Morgan fingerprint density at radius 3 is 2.50 bits per heavy atom. The molecule has 0 aliphatic heterocycles. The van der Waals surface area contributed by atoms with Crippen LogP contribution < -0.4 is 10.1 Å². The summed E-state index contributed by atoms with van der Waals surface area (Å²) in [5.74, 6) is -0.130. The van der Waals surface area contributed by atoms with Gasteiger partial charge in [-0.05, 0) is 37.1 Å². The quantitative estimate of drug-likeness (QED) is 0.873. The lowest BCUT2D eigenvalue weighted by atomic mass is 10.1. The van der Waals surface area contributed by atoms with Crippen molar-refractivity contribution in [3.63, 3.8) is 0 Å². The second-order valence-electron chi connectivity index (χ2n) is 6.13. The molecule has 1 heterocycles. The van der Waals surface area contributed by atoms with Crippen LogP contribution in [0.5, 0.6) is 5.75 Å². The Morgan fingerprint density at radius 2 is 1.88 bits per heavy atom. The van der Waals surface area contributed by atoms with Crippen molar-refractivity contribution in [1.82, 2.24) is 15.1 Å². The molecule has 128 valence electrons. The van der Waals surface area contributed by atoms with E-state index >= 15 is 0 Å². The van der Waals surface area contributed by atoms with Gasteiger partial charge in [-0.1, -0.05) is 25.7 Å². The van der Waals surface area contributed by atoms with Gasteiger partial charge in [-0.25, -0.2) is 9.07 Å². The van der Waals surface area contributed by atoms with Crippen LogP contribution in [0.15, 0.2) is 30.5 Å². The summed E-state index contributed by atoms with van der Waals surface area (Å²) in [5.41, 5.74) is 0.925. The molecule has 24 heavy (non-hydrogen) atoms. The molecule has 1 fully saturated rings. The molecule has 1 amide bonds. The third kappa shape index (κ3) is 3.75. The van der Waals surface area contributed by atoms with E-state index < -0.39 is 0 Å². The monoisotopic (exact) mass is 331 g/mol. The van der Waals surface area contributed by atoms with Gasteiger partial charge >= 0.3 is 0 Å². The number of ether oxygens (including phenoxy) is 1. The van der Waals surface area contributed by atoms with Crippen LogP contribution in [0.1, 0.15) is 49.0 Å². The van der Waals surface area contributed by atoms with Gasteiger partial charge < -0.3 is 10.1 Å². The van der Waals surface area contributed by atoms with E-state index in [0.717, 1.165) is 25.7 Å². The van der Waals surface area contributed by atoms with Crippen LogP contribution in [0.2, 0.25) is 0 Å². The zero-order valence-electron chi connectivity index (χ0n) is 13.8. The van der Waals surface area contributed by atoms with Crippen molar-refractivity contribution < 1.29 is 13.9 Å². The van der Waals surface area contributed by atoms with Crippen LogP contribution in [-0.2, 0) is 0 Å². The van der Waals surface area contributed by atoms with Crippen molar-refractivity contribution in [3.05, 3.63) is 42.0 Å². The van der Waals surface area contributed by atoms with Crippen LogP contribution in [-0.4, -0.2) is 28.8 Å². The molecule has 0 saturated heterocycles. The van der Waals surface area contributed by atoms with E-state index in [1.807, 2.05) is 0 Å². The summed E-state index contributed by atoms with van der Waals surface area (Å²) in [6.45, 7) is 0. The van der Waals surface area contributed by atoms with Gasteiger partial charge in [0.1, 0.15) is 5.82 Å². The van der Waals surface area contributed by atoms with E-state index in [1.54, 1.807) is 18.3 Å². The fourth-order valence-corrected chi connectivity index (χ4v) is 3.07. The maximum absolute atomic E-state index is 13.1. The van der Waals surface area contributed by atoms with E-state index in [4.69, 9.17) is 4.74 Å². The maximum atomic E-state index is 13.1. The predicted molar refractivity (Wildman–Crippen MR) is 89.0 cm³/mol. The van der Waals surface area contributed by atoms with Crippen LogP contribution in [0.3, 0.4) is 0 Å². The number of methoxy groups -OCH3 is 1. The van der Waals surface area contributed by atoms with E-state index in [-0.39, 0.29) is 23.5 Å². The Morgan fingerprint density at radius 1 is 1.21 bits per heavy atom. The summed E-state index contributed by atoms with van der Waals surface area (Å²) in [7, 11) is 1.51. The highest BCUT2D eigenvalue weighted by atomic mass is 19.1. The van der Waals surface area contributed by atoms with Gasteiger partial charge in [-0.3, -0.25) is 4.79 Å². The maximum Gasteiger partial charge on any atom is 0.275 e. The van der Waals surface area contributed by atoms with Gasteiger partial charge in [-0.2, -0.15) is 5.10 Å². The molecule has 6 heteroatoms. The number of carbonyl (C=O) groups is 1. The fourth-order valence-electron chi connectivity index (χ4n) is 3.07. The third-order valence-electron chi connectivity index (χ3n) is 4.40. The summed E-state index contributed by atoms with van der Waals surface area (Å²) in [6.07, 6.45) is 8.40. The lowest BCUT2D eigenvalue weighted by Crippen LogP contribution is -2.34. The van der Waals surface area contributed by atoms with Crippen LogP contribution in [0.25, 0.3) is 5.69 Å². The van der Waals surface area contributed by atoms with Gasteiger partial charge in [0.05, 0.1) is 19.0 Å². The molecule has 0 spiro atoms. The van der Waals surface area contributed by atoms with E-state index in [2.05, 4.69) is 10.4 Å². The summed E-state index contributed by atoms with van der Waals surface area (Å²) in [4.78, 5) is 12.6. The smallest absolute Gasteiger partial charge is 0.275 e. The Kier molecular flexibility index (Phi) is 5.13. The SMILES string of the molecule is COc1cn(-c2ccc(F)cc2)nc1C(=O)NC1CCCCCC1. The van der Waals surface area contributed by atoms with Crippen molar-refractivity contribution >= 4 is 5.91 Å². The number of rotatable bonds is 4. The minimum atomic E-state index is -0.316. The number of hydrogen-bond donors (Lipinski definition) is 1. The number of nitrogens with zero attached hydrogens (tertiary/aromatic N) is 2. The molecule has 0 radical (unpaired) electrons. The minimum Gasteiger partial charge on any atom is -0.493 e. The second-order valence-corrected chi connectivity index (χ2v) is 6.13. The van der Waals surface area contributed by atoms with Gasteiger partial charge in [0, 0.05) is 6.04 Å². The van der Waals surface area contributed by atoms with Crippen LogP contribution in [0, 0.1) is 5.82 Å². The fraction of sp³-hybridized carbons (Fsp3) is 0.444. The number of benzene rings is 1. The van der Waals surface area contributed by atoms with E-state index in [0.29, 0.717) is 11.4 Å². The second kappa shape index (κ2) is 7.47. The average molecular weight is 331 g/mol. The molecule has 2 aromatic rings. The van der Waals surface area contributed by atoms with Crippen molar-refractivity contribution in [2.24, 2.45) is 0 Å². The summed E-state index contributed by atoms with van der Waals surface area (Å²) < 4.78 is 19.9. The Hall–Kier alpha value is -2.37. The highest BCUT2D eigenvalue weighted by molar-refractivity contribution is 5.95. The number of aromatic nitrogens is 2. The first-order valence-electron chi connectivity index (χ1n) is 8.38. The zero-order valence-corrected chi connectivity index (χ0v) is 13.8. The first-order chi connectivity index (χ1) is 11.7. The van der Waals surface area contributed by atoms with Gasteiger partial charge in [0.15, 0.2) is 11.4 Å². The summed E-state index contributed by atoms with van der Waals surface area (Å²) in [5, 5.41) is 7.40. The molecule has 1 N–H and O–H groups in total. The third-order valence-corrected chi connectivity index (χ3v) is 4.40. The number of nitrogens with one attached hydrogen (secondary N) is 1. The number of carbonyl (C=O) groups excluding carboxylic acids is 1. The molecule has 1 aliphatic carbocycles.